The van der Waals surface area contributed by atoms with Crippen LogP contribution in [0.2, 0.25) is 0 Å². The molecule has 3 aromatic rings. The Morgan fingerprint density at radius 2 is 1.88 bits per heavy atom. The number of hydrogen-bond donors (Lipinski definition) is 1. The van der Waals surface area contributed by atoms with Gasteiger partial charge in [0.05, 0.1) is 5.69 Å². The molecule has 6 nitrogen and oxygen atoms in total. The van der Waals surface area contributed by atoms with Crippen molar-refractivity contribution in [2.75, 3.05) is 5.32 Å². The Morgan fingerprint density at radius 3 is 2.46 bits per heavy atom. The van der Waals surface area contributed by atoms with Gasteiger partial charge in [0.25, 0.3) is 5.91 Å². The van der Waals surface area contributed by atoms with Crippen LogP contribution in [0, 0.1) is 20.8 Å². The minimum absolute atomic E-state index is 0.251. The van der Waals surface area contributed by atoms with Gasteiger partial charge in [-0.2, -0.15) is 5.10 Å². The van der Waals surface area contributed by atoms with Gasteiger partial charge >= 0.3 is 0 Å². The highest BCUT2D eigenvalue weighted by Gasteiger charge is 2.11. The fourth-order valence-corrected chi connectivity index (χ4v) is 2.58. The molecule has 1 amide bonds. The van der Waals surface area contributed by atoms with E-state index in [1.807, 2.05) is 45.0 Å². The van der Waals surface area contributed by atoms with Crippen molar-refractivity contribution in [1.29, 1.82) is 0 Å². The summed E-state index contributed by atoms with van der Waals surface area (Å²) in [4.78, 5) is 12.3. The van der Waals surface area contributed by atoms with Crippen LogP contribution in [0.4, 0.5) is 5.69 Å². The quantitative estimate of drug-likeness (QED) is 0.747. The molecule has 0 bridgehead atoms. The van der Waals surface area contributed by atoms with Crippen LogP contribution in [0.25, 0.3) is 5.82 Å². The summed E-state index contributed by atoms with van der Waals surface area (Å²) in [6.07, 6.45) is 0. The highest BCUT2D eigenvalue weighted by molar-refractivity contribution is 9.10. The maximum atomic E-state index is 12.3. The molecule has 0 saturated carbocycles. The standard InChI is InChI=1S/C17H16BrN5O/c1-10-8-13(4-5-14(10)18)19-17(24)15-6-7-16(21-20-15)23-12(3)9-11(2)22-23/h4-9H,1-3H3,(H,19,24). The molecular weight excluding hydrogens is 370 g/mol. The van der Waals surface area contributed by atoms with E-state index in [0.29, 0.717) is 11.5 Å². The van der Waals surface area contributed by atoms with Crippen molar-refractivity contribution in [3.63, 3.8) is 0 Å². The molecule has 0 fully saturated rings. The predicted molar refractivity (Wildman–Crippen MR) is 95.5 cm³/mol. The first kappa shape index (κ1) is 16.3. The zero-order valence-corrected chi connectivity index (χ0v) is 15.1. The number of carbonyl (C=O) groups is 1. The fourth-order valence-electron chi connectivity index (χ4n) is 2.34. The lowest BCUT2D eigenvalue weighted by atomic mass is 10.2. The van der Waals surface area contributed by atoms with E-state index in [2.05, 4.69) is 36.5 Å². The average molecular weight is 386 g/mol. The summed E-state index contributed by atoms with van der Waals surface area (Å²) in [6, 6.07) is 10.9. The van der Waals surface area contributed by atoms with Gasteiger partial charge in [0.15, 0.2) is 11.5 Å². The minimum Gasteiger partial charge on any atom is -0.321 e. The number of nitrogens with one attached hydrogen (secondary N) is 1. The Morgan fingerprint density at radius 1 is 1.08 bits per heavy atom. The van der Waals surface area contributed by atoms with Gasteiger partial charge in [-0.05, 0) is 62.7 Å². The first-order valence-electron chi connectivity index (χ1n) is 7.39. The molecule has 2 heterocycles. The smallest absolute Gasteiger partial charge is 0.276 e. The van der Waals surface area contributed by atoms with Crippen molar-refractivity contribution in [3.8, 4) is 5.82 Å². The van der Waals surface area contributed by atoms with Gasteiger partial charge in [-0.15, -0.1) is 10.2 Å². The number of halogens is 1. The number of aryl methyl sites for hydroxylation is 3. The second-order valence-electron chi connectivity index (χ2n) is 5.53. The van der Waals surface area contributed by atoms with Crippen molar-refractivity contribution in [1.82, 2.24) is 20.0 Å². The largest absolute Gasteiger partial charge is 0.321 e. The summed E-state index contributed by atoms with van der Waals surface area (Å²) in [7, 11) is 0. The van der Waals surface area contributed by atoms with Crippen molar-refractivity contribution in [3.05, 3.63) is 63.5 Å². The Balaban J connectivity index is 1.78. The molecule has 0 aliphatic rings. The molecule has 7 heteroatoms. The Bertz CT molecular complexity index is 902. The molecule has 0 unspecified atom stereocenters. The zero-order chi connectivity index (χ0) is 17.3. The predicted octanol–water partition coefficient (Wildman–Crippen LogP) is 3.60. The van der Waals surface area contributed by atoms with Gasteiger partial charge < -0.3 is 5.32 Å². The maximum absolute atomic E-state index is 12.3. The zero-order valence-electron chi connectivity index (χ0n) is 13.5. The van der Waals surface area contributed by atoms with Crippen LogP contribution >= 0.6 is 15.9 Å². The SMILES string of the molecule is Cc1cc(C)n(-c2ccc(C(=O)Nc3ccc(Br)c(C)c3)nn2)n1. The van der Waals surface area contributed by atoms with E-state index in [-0.39, 0.29) is 11.6 Å². The Kier molecular flexibility index (Phi) is 4.44. The highest BCUT2D eigenvalue weighted by Crippen LogP contribution is 2.20. The molecule has 24 heavy (non-hydrogen) atoms. The first-order chi connectivity index (χ1) is 11.4. The monoisotopic (exact) mass is 385 g/mol. The van der Waals surface area contributed by atoms with Crippen molar-refractivity contribution in [2.45, 2.75) is 20.8 Å². The molecule has 0 aliphatic heterocycles. The van der Waals surface area contributed by atoms with E-state index in [1.54, 1.807) is 16.8 Å². The van der Waals surface area contributed by atoms with Crippen molar-refractivity contribution < 1.29 is 4.79 Å². The number of amides is 1. The topological polar surface area (TPSA) is 72.7 Å². The lowest BCUT2D eigenvalue weighted by molar-refractivity contribution is 0.102. The number of aromatic nitrogens is 4. The van der Waals surface area contributed by atoms with Crippen molar-refractivity contribution >= 4 is 27.5 Å². The van der Waals surface area contributed by atoms with E-state index >= 15 is 0 Å². The second kappa shape index (κ2) is 6.52. The third-order valence-corrected chi connectivity index (χ3v) is 4.42. The summed E-state index contributed by atoms with van der Waals surface area (Å²) in [5, 5.41) is 15.3. The van der Waals surface area contributed by atoms with Gasteiger partial charge in [0.2, 0.25) is 0 Å². The molecule has 0 saturated heterocycles. The molecule has 1 aromatic carbocycles. The van der Waals surface area contributed by atoms with Crippen LogP contribution in [-0.4, -0.2) is 25.9 Å². The molecule has 0 spiro atoms. The van der Waals surface area contributed by atoms with Crippen LogP contribution < -0.4 is 5.32 Å². The van der Waals surface area contributed by atoms with E-state index in [4.69, 9.17) is 0 Å². The second-order valence-corrected chi connectivity index (χ2v) is 6.39. The normalized spacial score (nSPS) is 10.7. The third kappa shape index (κ3) is 3.35. The Hall–Kier alpha value is -2.54. The number of anilines is 1. The highest BCUT2D eigenvalue weighted by atomic mass is 79.9. The van der Waals surface area contributed by atoms with Crippen LogP contribution in [-0.2, 0) is 0 Å². The number of benzene rings is 1. The van der Waals surface area contributed by atoms with E-state index in [1.165, 1.54) is 0 Å². The summed E-state index contributed by atoms with van der Waals surface area (Å²) >= 11 is 3.43. The number of nitrogens with zero attached hydrogens (tertiary/aromatic N) is 4. The fraction of sp³-hybridized carbons (Fsp3) is 0.176. The molecule has 0 atom stereocenters. The molecule has 122 valence electrons. The molecule has 2 aromatic heterocycles. The number of carbonyl (C=O) groups excluding carboxylic acids is 1. The van der Waals surface area contributed by atoms with Gasteiger partial charge in [-0.3, -0.25) is 4.79 Å². The van der Waals surface area contributed by atoms with E-state index in [0.717, 1.165) is 21.4 Å². The first-order valence-corrected chi connectivity index (χ1v) is 8.18. The van der Waals surface area contributed by atoms with Gasteiger partial charge in [-0.25, -0.2) is 4.68 Å². The summed E-state index contributed by atoms with van der Waals surface area (Å²) in [6.45, 7) is 5.82. The third-order valence-electron chi connectivity index (χ3n) is 3.53. The average Bonchev–Trinajstić information content (AvgIpc) is 2.89. The van der Waals surface area contributed by atoms with E-state index < -0.39 is 0 Å². The van der Waals surface area contributed by atoms with Crippen LogP contribution in [0.1, 0.15) is 27.4 Å². The van der Waals surface area contributed by atoms with Crippen molar-refractivity contribution in [2.24, 2.45) is 0 Å². The summed E-state index contributed by atoms with van der Waals surface area (Å²) < 4.78 is 2.69. The molecular formula is C17H16BrN5O. The van der Waals surface area contributed by atoms with Gasteiger partial charge in [0, 0.05) is 15.9 Å². The lowest BCUT2D eigenvalue weighted by Crippen LogP contribution is -2.15. The van der Waals surface area contributed by atoms with E-state index in [9.17, 15) is 4.79 Å². The molecule has 3 rings (SSSR count). The van der Waals surface area contributed by atoms with Crippen LogP contribution in [0.15, 0.2) is 40.9 Å². The molecule has 0 radical (unpaired) electrons. The van der Waals surface area contributed by atoms with Gasteiger partial charge in [-0.1, -0.05) is 15.9 Å². The van der Waals surface area contributed by atoms with Gasteiger partial charge in [0.1, 0.15) is 0 Å². The summed E-state index contributed by atoms with van der Waals surface area (Å²) in [5.41, 5.74) is 3.87. The maximum Gasteiger partial charge on any atom is 0.276 e. The lowest BCUT2D eigenvalue weighted by Gasteiger charge is -2.07. The minimum atomic E-state index is -0.302. The molecule has 1 N–H and O–H groups in total. The number of rotatable bonds is 3. The Labute approximate surface area is 148 Å². The summed E-state index contributed by atoms with van der Waals surface area (Å²) in [5.74, 6) is 0.278. The van der Waals surface area contributed by atoms with Crippen LogP contribution in [0.3, 0.4) is 0 Å². The number of hydrogen-bond acceptors (Lipinski definition) is 4. The van der Waals surface area contributed by atoms with Crippen LogP contribution in [0.5, 0.6) is 0 Å². The molecule has 0 aliphatic carbocycles.